The molecule has 1 aromatic rings. The van der Waals surface area contributed by atoms with Gasteiger partial charge in [0.2, 0.25) is 0 Å². The average molecular weight is 207 g/mol. The Labute approximate surface area is 90.0 Å². The van der Waals surface area contributed by atoms with Gasteiger partial charge >= 0.3 is 0 Å². The van der Waals surface area contributed by atoms with E-state index in [1.54, 1.807) is 6.08 Å². The van der Waals surface area contributed by atoms with Crippen LogP contribution in [0.4, 0.5) is 0 Å². The molecule has 0 saturated heterocycles. The Balaban J connectivity index is 1.90. The molecule has 2 rings (SSSR count). The van der Waals surface area contributed by atoms with E-state index in [-0.39, 0.29) is 0 Å². The molecule has 0 aliphatic carbocycles. The lowest BCUT2D eigenvalue weighted by Gasteiger charge is -2.14. The Morgan fingerprint density at radius 1 is 1.73 bits per heavy atom. The summed E-state index contributed by atoms with van der Waals surface area (Å²) >= 11 is 0. The molecule has 1 aliphatic rings. The van der Waals surface area contributed by atoms with Gasteiger partial charge in [0.1, 0.15) is 5.82 Å². The Morgan fingerprint density at radius 3 is 3.53 bits per heavy atom. The predicted octanol–water partition coefficient (Wildman–Crippen LogP) is 0.805. The summed E-state index contributed by atoms with van der Waals surface area (Å²) < 4.78 is 7.67. The third-order valence-corrected chi connectivity index (χ3v) is 2.56. The number of hydrogen-bond donors (Lipinski definition) is 1. The van der Waals surface area contributed by atoms with E-state index in [1.165, 1.54) is 0 Å². The van der Waals surface area contributed by atoms with E-state index >= 15 is 0 Å². The highest BCUT2D eigenvalue weighted by molar-refractivity contribution is 4.94. The molecule has 0 spiro atoms. The average Bonchev–Trinajstić information content (AvgIpc) is 2.58. The van der Waals surface area contributed by atoms with Gasteiger partial charge in [-0.1, -0.05) is 6.08 Å². The molecule has 1 aromatic heterocycles. The maximum atomic E-state index is 5.48. The summed E-state index contributed by atoms with van der Waals surface area (Å²) in [5.41, 5.74) is 0. The molecule has 0 aromatic carbocycles. The molecule has 1 unspecified atom stereocenters. The van der Waals surface area contributed by atoms with Crippen molar-refractivity contribution in [2.24, 2.45) is 5.92 Å². The number of aromatic nitrogens is 2. The van der Waals surface area contributed by atoms with Crippen molar-refractivity contribution in [1.29, 1.82) is 0 Å². The summed E-state index contributed by atoms with van der Waals surface area (Å²) in [4.78, 5) is 4.29. The number of ether oxygens (including phenoxy) is 1. The van der Waals surface area contributed by atoms with Gasteiger partial charge in [-0.15, -0.1) is 6.58 Å². The molecule has 4 heteroatoms. The highest BCUT2D eigenvalue weighted by atomic mass is 16.5. The van der Waals surface area contributed by atoms with Crippen molar-refractivity contribution in [3.05, 3.63) is 30.9 Å². The van der Waals surface area contributed by atoms with Crippen molar-refractivity contribution in [1.82, 2.24) is 14.9 Å². The van der Waals surface area contributed by atoms with E-state index in [0.29, 0.717) is 12.5 Å². The number of rotatable bonds is 4. The fourth-order valence-electron chi connectivity index (χ4n) is 1.83. The number of imidazole rings is 1. The van der Waals surface area contributed by atoms with Gasteiger partial charge in [0.05, 0.1) is 19.8 Å². The van der Waals surface area contributed by atoms with Gasteiger partial charge in [-0.3, -0.25) is 0 Å². The molecule has 4 nitrogen and oxygen atoms in total. The second kappa shape index (κ2) is 5.09. The molecule has 0 bridgehead atoms. The van der Waals surface area contributed by atoms with Gasteiger partial charge in [0.15, 0.2) is 0 Å². The van der Waals surface area contributed by atoms with Crippen LogP contribution in [0.25, 0.3) is 0 Å². The van der Waals surface area contributed by atoms with E-state index in [4.69, 9.17) is 4.74 Å². The fraction of sp³-hybridized carbons (Fsp3) is 0.545. The minimum absolute atomic E-state index is 0.514. The van der Waals surface area contributed by atoms with Crippen molar-refractivity contribution in [3.63, 3.8) is 0 Å². The first kappa shape index (κ1) is 10.4. The molecular weight excluding hydrogens is 190 g/mol. The van der Waals surface area contributed by atoms with Crippen LogP contribution in [0.2, 0.25) is 0 Å². The molecule has 0 saturated carbocycles. The van der Waals surface area contributed by atoms with Crippen LogP contribution in [0.3, 0.4) is 0 Å². The monoisotopic (exact) mass is 207 g/mol. The van der Waals surface area contributed by atoms with Gasteiger partial charge in [-0.2, -0.15) is 0 Å². The van der Waals surface area contributed by atoms with E-state index in [2.05, 4.69) is 21.4 Å². The standard InChI is InChI=1S/C11H17N3O/c1-2-5-15-9-10-6-12-7-11-13-3-4-14(11)8-10/h2-4,10,12H,1,5-9H2. The van der Waals surface area contributed by atoms with Crippen LogP contribution in [0.5, 0.6) is 0 Å². The predicted molar refractivity (Wildman–Crippen MR) is 58.4 cm³/mol. The summed E-state index contributed by atoms with van der Waals surface area (Å²) in [5.74, 6) is 1.63. The third kappa shape index (κ3) is 2.67. The van der Waals surface area contributed by atoms with Crippen LogP contribution in [0.15, 0.2) is 25.0 Å². The molecular formula is C11H17N3O. The van der Waals surface area contributed by atoms with Crippen molar-refractivity contribution in [2.75, 3.05) is 19.8 Å². The second-order valence-electron chi connectivity index (χ2n) is 3.82. The normalized spacial score (nSPS) is 20.7. The summed E-state index contributed by atoms with van der Waals surface area (Å²) in [6.45, 7) is 7.86. The van der Waals surface area contributed by atoms with Gasteiger partial charge in [0.25, 0.3) is 0 Å². The quantitative estimate of drug-likeness (QED) is 0.586. The number of hydrogen-bond acceptors (Lipinski definition) is 3. The van der Waals surface area contributed by atoms with Crippen LogP contribution >= 0.6 is 0 Å². The smallest absolute Gasteiger partial charge is 0.122 e. The highest BCUT2D eigenvalue weighted by Gasteiger charge is 2.15. The lowest BCUT2D eigenvalue weighted by atomic mass is 10.1. The molecule has 1 atom stereocenters. The minimum atomic E-state index is 0.514. The minimum Gasteiger partial charge on any atom is -0.377 e. The van der Waals surface area contributed by atoms with Gasteiger partial charge in [0, 0.05) is 31.4 Å². The summed E-state index contributed by atoms with van der Waals surface area (Å²) in [7, 11) is 0. The first-order chi connectivity index (χ1) is 7.40. The lowest BCUT2D eigenvalue weighted by molar-refractivity contribution is 0.117. The van der Waals surface area contributed by atoms with Crippen LogP contribution < -0.4 is 5.32 Å². The molecule has 2 heterocycles. The number of nitrogens with one attached hydrogen (secondary N) is 1. The second-order valence-corrected chi connectivity index (χ2v) is 3.82. The van der Waals surface area contributed by atoms with Gasteiger partial charge in [-0.25, -0.2) is 4.98 Å². The first-order valence-corrected chi connectivity index (χ1v) is 5.29. The van der Waals surface area contributed by atoms with Crippen LogP contribution in [-0.2, 0) is 17.8 Å². The van der Waals surface area contributed by atoms with E-state index in [0.717, 1.165) is 32.1 Å². The van der Waals surface area contributed by atoms with Gasteiger partial charge < -0.3 is 14.6 Å². The van der Waals surface area contributed by atoms with Crippen LogP contribution in [0, 0.1) is 5.92 Å². The topological polar surface area (TPSA) is 39.1 Å². The van der Waals surface area contributed by atoms with E-state index < -0.39 is 0 Å². The number of nitrogens with zero attached hydrogens (tertiary/aromatic N) is 2. The van der Waals surface area contributed by atoms with Crippen molar-refractivity contribution >= 4 is 0 Å². The summed E-state index contributed by atoms with van der Waals surface area (Å²) in [6.07, 6.45) is 5.67. The zero-order valence-corrected chi connectivity index (χ0v) is 8.85. The zero-order valence-electron chi connectivity index (χ0n) is 8.85. The van der Waals surface area contributed by atoms with E-state index in [9.17, 15) is 0 Å². The van der Waals surface area contributed by atoms with E-state index in [1.807, 2.05) is 12.4 Å². The zero-order chi connectivity index (χ0) is 10.5. The first-order valence-electron chi connectivity index (χ1n) is 5.29. The molecule has 0 amide bonds. The summed E-state index contributed by atoms with van der Waals surface area (Å²) in [5, 5.41) is 3.38. The molecule has 1 N–H and O–H groups in total. The highest BCUT2D eigenvalue weighted by Crippen LogP contribution is 2.09. The van der Waals surface area contributed by atoms with Crippen molar-refractivity contribution < 1.29 is 4.74 Å². The van der Waals surface area contributed by atoms with Crippen LogP contribution in [0.1, 0.15) is 5.82 Å². The molecule has 1 aliphatic heterocycles. The van der Waals surface area contributed by atoms with Crippen molar-refractivity contribution in [3.8, 4) is 0 Å². The number of fused-ring (bicyclic) bond motifs is 1. The molecule has 0 fully saturated rings. The SMILES string of the molecule is C=CCOCC1CNCc2nccn2C1. The molecule has 82 valence electrons. The Bertz CT molecular complexity index is 321. The Kier molecular flexibility index (Phi) is 3.53. The molecule has 0 radical (unpaired) electrons. The fourth-order valence-corrected chi connectivity index (χ4v) is 1.83. The summed E-state index contributed by atoms with van der Waals surface area (Å²) in [6, 6.07) is 0. The third-order valence-electron chi connectivity index (χ3n) is 2.56. The largest absolute Gasteiger partial charge is 0.377 e. The Morgan fingerprint density at radius 2 is 2.67 bits per heavy atom. The van der Waals surface area contributed by atoms with Crippen molar-refractivity contribution in [2.45, 2.75) is 13.1 Å². The lowest BCUT2D eigenvalue weighted by Crippen LogP contribution is -2.25. The molecule has 15 heavy (non-hydrogen) atoms. The maximum absolute atomic E-state index is 5.48. The maximum Gasteiger partial charge on any atom is 0.122 e. The Hall–Kier alpha value is -1.13. The van der Waals surface area contributed by atoms with Gasteiger partial charge in [-0.05, 0) is 0 Å². The van der Waals surface area contributed by atoms with Crippen LogP contribution in [-0.4, -0.2) is 29.3 Å².